The fraction of sp³-hybridized carbons (Fsp3) is 0.667. The minimum atomic E-state index is -0.0446. The van der Waals surface area contributed by atoms with Crippen molar-refractivity contribution in [2.75, 3.05) is 0 Å². The maximum Gasteiger partial charge on any atom is 3.00 e. The van der Waals surface area contributed by atoms with Gasteiger partial charge in [0, 0.05) is 6.42 Å². The standard InChI is InChI=1S/C6H10O2.Cr/c1-3-6(8)4-5(2)7;/h3-4H2,1-2H3;/q;+3. The quantitative estimate of drug-likeness (QED) is 0.585. The molecule has 0 unspecified atom stereocenters. The molecule has 0 N–H and O–H groups in total. The molecule has 0 aliphatic heterocycles. The predicted octanol–water partition coefficient (Wildman–Crippen LogP) is 0.942. The molecular weight excluding hydrogens is 156 g/mol. The van der Waals surface area contributed by atoms with Crippen LogP contribution in [0.5, 0.6) is 0 Å². The molecule has 0 amide bonds. The van der Waals surface area contributed by atoms with Crippen molar-refractivity contribution < 1.29 is 27.0 Å². The van der Waals surface area contributed by atoms with E-state index in [1.165, 1.54) is 6.92 Å². The van der Waals surface area contributed by atoms with Gasteiger partial charge in [-0.05, 0) is 6.92 Å². The molecule has 1 radical (unpaired) electrons. The van der Waals surface area contributed by atoms with E-state index in [1.54, 1.807) is 6.92 Å². The summed E-state index contributed by atoms with van der Waals surface area (Å²) in [5.74, 6) is -0.0191. The van der Waals surface area contributed by atoms with Crippen molar-refractivity contribution in [1.82, 2.24) is 0 Å². The average molecular weight is 166 g/mol. The summed E-state index contributed by atoms with van der Waals surface area (Å²) in [5, 5.41) is 0. The first-order valence-electron chi connectivity index (χ1n) is 2.68. The van der Waals surface area contributed by atoms with Gasteiger partial charge >= 0.3 is 17.4 Å². The van der Waals surface area contributed by atoms with Crippen LogP contribution in [0.2, 0.25) is 0 Å². The predicted molar refractivity (Wildman–Crippen MR) is 30.6 cm³/mol. The van der Waals surface area contributed by atoms with Crippen molar-refractivity contribution in [1.29, 1.82) is 0 Å². The van der Waals surface area contributed by atoms with Gasteiger partial charge in [-0.1, -0.05) is 6.92 Å². The van der Waals surface area contributed by atoms with Crippen LogP contribution in [0.3, 0.4) is 0 Å². The van der Waals surface area contributed by atoms with Gasteiger partial charge in [0.25, 0.3) is 0 Å². The summed E-state index contributed by atoms with van der Waals surface area (Å²) in [4.78, 5) is 20.6. The summed E-state index contributed by atoms with van der Waals surface area (Å²) in [7, 11) is 0. The van der Waals surface area contributed by atoms with E-state index in [-0.39, 0.29) is 35.3 Å². The fourth-order valence-corrected chi connectivity index (χ4v) is 0.403. The monoisotopic (exact) mass is 166 g/mol. The molecule has 0 spiro atoms. The van der Waals surface area contributed by atoms with Gasteiger partial charge in [-0.2, -0.15) is 0 Å². The summed E-state index contributed by atoms with van der Waals surface area (Å²) in [5.41, 5.74) is 0. The van der Waals surface area contributed by atoms with E-state index < -0.39 is 0 Å². The van der Waals surface area contributed by atoms with Gasteiger partial charge in [0.2, 0.25) is 0 Å². The molecule has 0 saturated heterocycles. The number of hydrogen-bond acceptors (Lipinski definition) is 2. The molecule has 0 aromatic heterocycles. The molecule has 0 bridgehead atoms. The minimum absolute atomic E-state index is 0. The molecule has 0 aromatic carbocycles. The van der Waals surface area contributed by atoms with Crippen LogP contribution in [0.1, 0.15) is 26.7 Å². The van der Waals surface area contributed by atoms with E-state index >= 15 is 0 Å². The van der Waals surface area contributed by atoms with Crippen LogP contribution in [0.15, 0.2) is 0 Å². The van der Waals surface area contributed by atoms with Gasteiger partial charge in [0.15, 0.2) is 0 Å². The molecule has 0 fully saturated rings. The van der Waals surface area contributed by atoms with Gasteiger partial charge < -0.3 is 0 Å². The Morgan fingerprint density at radius 1 is 1.33 bits per heavy atom. The van der Waals surface area contributed by atoms with E-state index in [0.29, 0.717) is 6.42 Å². The second-order valence-corrected chi connectivity index (χ2v) is 1.77. The first-order valence-corrected chi connectivity index (χ1v) is 2.68. The summed E-state index contributed by atoms with van der Waals surface area (Å²) >= 11 is 0. The van der Waals surface area contributed by atoms with Crippen molar-refractivity contribution in [2.45, 2.75) is 26.7 Å². The largest absolute Gasteiger partial charge is 3.00 e. The van der Waals surface area contributed by atoms with Gasteiger partial charge in [0.1, 0.15) is 11.6 Å². The fourth-order valence-electron chi connectivity index (χ4n) is 0.403. The molecule has 0 heterocycles. The molecule has 0 saturated carbocycles. The van der Waals surface area contributed by atoms with Gasteiger partial charge in [-0.3, -0.25) is 9.59 Å². The van der Waals surface area contributed by atoms with Crippen molar-refractivity contribution in [3.05, 3.63) is 0 Å². The third kappa shape index (κ3) is 7.87. The summed E-state index contributed by atoms with van der Waals surface area (Å²) in [6.45, 7) is 3.18. The van der Waals surface area contributed by atoms with Crippen molar-refractivity contribution in [3.8, 4) is 0 Å². The molecule has 0 aliphatic carbocycles. The van der Waals surface area contributed by atoms with Crippen molar-refractivity contribution >= 4 is 11.6 Å². The number of Topliss-reactive ketones (excluding diaryl/α,β-unsaturated/α-hetero) is 2. The first kappa shape index (κ1) is 11.6. The smallest absolute Gasteiger partial charge is 0.300 e. The van der Waals surface area contributed by atoms with Gasteiger partial charge in [-0.25, -0.2) is 0 Å². The van der Waals surface area contributed by atoms with Crippen LogP contribution in [0.25, 0.3) is 0 Å². The summed E-state index contributed by atoms with van der Waals surface area (Å²) in [6, 6.07) is 0. The molecule has 0 rings (SSSR count). The van der Waals surface area contributed by atoms with Gasteiger partial charge in [-0.15, -0.1) is 0 Å². The van der Waals surface area contributed by atoms with Crippen LogP contribution < -0.4 is 0 Å². The maximum atomic E-state index is 10.4. The zero-order chi connectivity index (χ0) is 6.57. The zero-order valence-corrected chi connectivity index (χ0v) is 6.91. The number of ketones is 2. The van der Waals surface area contributed by atoms with Crippen LogP contribution in [0.4, 0.5) is 0 Å². The Balaban J connectivity index is 0. The van der Waals surface area contributed by atoms with Crippen LogP contribution in [-0.2, 0) is 27.0 Å². The Morgan fingerprint density at radius 2 is 1.78 bits per heavy atom. The number of carbonyl (C=O) groups is 2. The molecule has 3 heteroatoms. The Bertz CT molecular complexity index is 110. The Hall–Kier alpha value is -0.128. The first-order chi connectivity index (χ1) is 3.66. The normalized spacial score (nSPS) is 7.78. The van der Waals surface area contributed by atoms with Crippen LogP contribution in [0, 0.1) is 0 Å². The topological polar surface area (TPSA) is 34.1 Å². The third-order valence-corrected chi connectivity index (χ3v) is 0.840. The molecule has 0 aromatic rings. The Morgan fingerprint density at radius 3 is 1.89 bits per heavy atom. The average Bonchev–Trinajstić information content (AvgIpc) is 1.65. The van der Waals surface area contributed by atoms with E-state index in [9.17, 15) is 9.59 Å². The number of rotatable bonds is 3. The summed E-state index contributed by atoms with van der Waals surface area (Å²) < 4.78 is 0. The van der Waals surface area contributed by atoms with Crippen molar-refractivity contribution in [2.24, 2.45) is 0 Å². The third-order valence-electron chi connectivity index (χ3n) is 0.840. The molecule has 9 heavy (non-hydrogen) atoms. The van der Waals surface area contributed by atoms with Crippen LogP contribution >= 0.6 is 0 Å². The molecule has 2 nitrogen and oxygen atoms in total. The number of carbonyl (C=O) groups excluding carboxylic acids is 2. The van der Waals surface area contributed by atoms with Crippen LogP contribution in [-0.4, -0.2) is 11.6 Å². The van der Waals surface area contributed by atoms with Crippen molar-refractivity contribution in [3.63, 3.8) is 0 Å². The van der Waals surface area contributed by atoms with Gasteiger partial charge in [0.05, 0.1) is 6.42 Å². The molecular formula is C6H10CrO2+3. The second kappa shape index (κ2) is 6.00. The van der Waals surface area contributed by atoms with E-state index in [4.69, 9.17) is 0 Å². The number of hydrogen-bond donors (Lipinski definition) is 0. The minimum Gasteiger partial charge on any atom is -0.300 e. The second-order valence-electron chi connectivity index (χ2n) is 1.77. The van der Waals surface area contributed by atoms with E-state index in [1.807, 2.05) is 0 Å². The Labute approximate surface area is 65.8 Å². The van der Waals surface area contributed by atoms with E-state index in [0.717, 1.165) is 0 Å². The SMILES string of the molecule is CCC(=O)CC(C)=O.[Cr+3]. The van der Waals surface area contributed by atoms with E-state index in [2.05, 4.69) is 0 Å². The molecule has 0 aliphatic rings. The molecule has 49 valence electrons. The summed E-state index contributed by atoms with van der Waals surface area (Å²) in [6.07, 6.45) is 0.579. The molecule has 0 atom stereocenters. The zero-order valence-electron chi connectivity index (χ0n) is 5.64. The Kier molecular flexibility index (Phi) is 7.76. The maximum absolute atomic E-state index is 10.4.